The minimum absolute atomic E-state index is 0.121. The van der Waals surface area contributed by atoms with E-state index < -0.39 is 0 Å². The van der Waals surface area contributed by atoms with E-state index in [4.69, 9.17) is 0 Å². The first-order valence-corrected chi connectivity index (χ1v) is 9.56. The molecule has 28 heavy (non-hydrogen) atoms. The highest BCUT2D eigenvalue weighted by atomic mass is 16.1. The highest BCUT2D eigenvalue weighted by molar-refractivity contribution is 6.04. The SMILES string of the molecule is Cc1cccc(NC(=O)c2ccnc(N3CCNC(c4ccccc4)C3)c2)c1. The van der Waals surface area contributed by atoms with Crippen LogP contribution >= 0.6 is 0 Å². The van der Waals surface area contributed by atoms with Crippen LogP contribution in [0.2, 0.25) is 0 Å². The van der Waals surface area contributed by atoms with Crippen LogP contribution in [-0.4, -0.2) is 30.5 Å². The van der Waals surface area contributed by atoms with E-state index in [0.717, 1.165) is 36.7 Å². The first-order valence-electron chi connectivity index (χ1n) is 9.56. The summed E-state index contributed by atoms with van der Waals surface area (Å²) in [6.07, 6.45) is 1.71. The predicted molar refractivity (Wildman–Crippen MR) is 113 cm³/mol. The molecule has 2 N–H and O–H groups in total. The smallest absolute Gasteiger partial charge is 0.255 e. The summed E-state index contributed by atoms with van der Waals surface area (Å²) >= 11 is 0. The van der Waals surface area contributed by atoms with Crippen LogP contribution in [-0.2, 0) is 0 Å². The number of rotatable bonds is 4. The van der Waals surface area contributed by atoms with E-state index in [1.54, 1.807) is 12.3 Å². The minimum atomic E-state index is -0.121. The molecular formula is C23H24N4O. The molecule has 1 fully saturated rings. The van der Waals surface area contributed by atoms with Gasteiger partial charge in [-0.15, -0.1) is 0 Å². The van der Waals surface area contributed by atoms with Gasteiger partial charge in [0.05, 0.1) is 0 Å². The van der Waals surface area contributed by atoms with Crippen molar-refractivity contribution in [2.45, 2.75) is 13.0 Å². The monoisotopic (exact) mass is 372 g/mol. The normalized spacial score (nSPS) is 16.6. The van der Waals surface area contributed by atoms with Crippen LogP contribution in [0.25, 0.3) is 0 Å². The van der Waals surface area contributed by atoms with Crippen molar-refractivity contribution in [2.75, 3.05) is 29.9 Å². The van der Waals surface area contributed by atoms with Crippen LogP contribution in [0, 0.1) is 6.92 Å². The Morgan fingerprint density at radius 1 is 1.11 bits per heavy atom. The third kappa shape index (κ3) is 4.21. The number of nitrogens with zero attached hydrogens (tertiary/aromatic N) is 2. The van der Waals surface area contributed by atoms with Crippen molar-refractivity contribution in [3.05, 3.63) is 89.6 Å². The van der Waals surface area contributed by atoms with Gasteiger partial charge in [-0.2, -0.15) is 0 Å². The predicted octanol–water partition coefficient (Wildman–Crippen LogP) is 3.79. The van der Waals surface area contributed by atoms with E-state index in [9.17, 15) is 4.79 Å². The fraction of sp³-hybridized carbons (Fsp3) is 0.217. The van der Waals surface area contributed by atoms with E-state index in [-0.39, 0.29) is 11.9 Å². The number of amides is 1. The summed E-state index contributed by atoms with van der Waals surface area (Å²) in [5, 5.41) is 6.53. The van der Waals surface area contributed by atoms with E-state index in [1.165, 1.54) is 5.56 Å². The lowest BCUT2D eigenvalue weighted by Gasteiger charge is -2.34. The maximum absolute atomic E-state index is 12.7. The van der Waals surface area contributed by atoms with Crippen molar-refractivity contribution in [2.24, 2.45) is 0 Å². The zero-order valence-corrected chi connectivity index (χ0v) is 15.9. The first kappa shape index (κ1) is 18.2. The van der Waals surface area contributed by atoms with Gasteiger partial charge in [-0.3, -0.25) is 4.79 Å². The summed E-state index contributed by atoms with van der Waals surface area (Å²) in [5.41, 5.74) is 3.79. The fourth-order valence-electron chi connectivity index (χ4n) is 3.53. The lowest BCUT2D eigenvalue weighted by Crippen LogP contribution is -2.46. The number of nitrogens with one attached hydrogen (secondary N) is 2. The number of aryl methyl sites for hydroxylation is 1. The standard InChI is InChI=1S/C23H24N4O/c1-17-6-5-9-20(14-17)26-23(28)19-10-11-25-22(15-19)27-13-12-24-21(16-27)18-7-3-2-4-8-18/h2-11,14-15,21,24H,12-13,16H2,1H3,(H,26,28). The van der Waals surface area contributed by atoms with Crippen LogP contribution in [0.4, 0.5) is 11.5 Å². The molecule has 2 aromatic carbocycles. The molecule has 2 heterocycles. The molecule has 1 saturated heterocycles. The zero-order chi connectivity index (χ0) is 19.3. The van der Waals surface area contributed by atoms with Crippen molar-refractivity contribution in [1.82, 2.24) is 10.3 Å². The van der Waals surface area contributed by atoms with Gasteiger partial charge in [-0.1, -0.05) is 42.5 Å². The number of hydrogen-bond acceptors (Lipinski definition) is 4. The number of aromatic nitrogens is 1. The average molecular weight is 372 g/mol. The van der Waals surface area contributed by atoms with E-state index >= 15 is 0 Å². The van der Waals surface area contributed by atoms with Crippen molar-refractivity contribution >= 4 is 17.4 Å². The minimum Gasteiger partial charge on any atom is -0.353 e. The number of anilines is 2. The molecule has 0 spiro atoms. The van der Waals surface area contributed by atoms with Crippen LogP contribution in [0.3, 0.4) is 0 Å². The summed E-state index contributed by atoms with van der Waals surface area (Å²) in [5.74, 6) is 0.711. The van der Waals surface area contributed by atoms with Crippen LogP contribution in [0.15, 0.2) is 72.9 Å². The Hall–Kier alpha value is -3.18. The van der Waals surface area contributed by atoms with Gasteiger partial charge >= 0.3 is 0 Å². The van der Waals surface area contributed by atoms with Crippen molar-refractivity contribution in [3.8, 4) is 0 Å². The van der Waals surface area contributed by atoms with Gasteiger partial charge in [0.25, 0.3) is 5.91 Å². The lowest BCUT2D eigenvalue weighted by atomic mass is 10.0. The Labute approximate surface area is 165 Å². The molecular weight excluding hydrogens is 348 g/mol. The Morgan fingerprint density at radius 3 is 2.79 bits per heavy atom. The Kier molecular flexibility index (Phi) is 5.35. The van der Waals surface area contributed by atoms with Gasteiger partial charge in [0.2, 0.25) is 0 Å². The molecule has 0 bridgehead atoms. The summed E-state index contributed by atoms with van der Waals surface area (Å²) in [6, 6.07) is 22.1. The largest absolute Gasteiger partial charge is 0.353 e. The molecule has 1 aromatic heterocycles. The average Bonchev–Trinajstić information content (AvgIpc) is 2.74. The van der Waals surface area contributed by atoms with Crippen molar-refractivity contribution < 1.29 is 4.79 Å². The maximum Gasteiger partial charge on any atom is 0.255 e. The molecule has 1 unspecified atom stereocenters. The zero-order valence-electron chi connectivity index (χ0n) is 15.9. The second-order valence-corrected chi connectivity index (χ2v) is 7.09. The molecule has 142 valence electrons. The van der Waals surface area contributed by atoms with Gasteiger partial charge < -0.3 is 15.5 Å². The number of benzene rings is 2. The van der Waals surface area contributed by atoms with Gasteiger partial charge in [0.15, 0.2) is 0 Å². The number of carbonyl (C=O) groups excluding carboxylic acids is 1. The lowest BCUT2D eigenvalue weighted by molar-refractivity contribution is 0.102. The molecule has 0 aliphatic carbocycles. The highest BCUT2D eigenvalue weighted by Crippen LogP contribution is 2.22. The third-order valence-electron chi connectivity index (χ3n) is 4.98. The third-order valence-corrected chi connectivity index (χ3v) is 4.98. The first-order chi connectivity index (χ1) is 13.7. The summed E-state index contributed by atoms with van der Waals surface area (Å²) in [6.45, 7) is 4.56. The molecule has 4 rings (SSSR count). The molecule has 0 radical (unpaired) electrons. The van der Waals surface area contributed by atoms with Crippen LogP contribution in [0.5, 0.6) is 0 Å². The van der Waals surface area contributed by atoms with Gasteiger partial charge in [-0.05, 0) is 42.3 Å². The molecule has 3 aromatic rings. The van der Waals surface area contributed by atoms with Crippen molar-refractivity contribution in [3.63, 3.8) is 0 Å². The van der Waals surface area contributed by atoms with Gasteiger partial charge in [-0.25, -0.2) is 4.98 Å². The van der Waals surface area contributed by atoms with E-state index in [0.29, 0.717) is 5.56 Å². The number of carbonyl (C=O) groups is 1. The molecule has 1 amide bonds. The molecule has 5 nitrogen and oxygen atoms in total. The van der Waals surface area contributed by atoms with Gasteiger partial charge in [0.1, 0.15) is 5.82 Å². The second kappa shape index (κ2) is 8.23. The topological polar surface area (TPSA) is 57.3 Å². The van der Waals surface area contributed by atoms with Crippen LogP contribution < -0.4 is 15.5 Å². The summed E-state index contributed by atoms with van der Waals surface area (Å²) in [7, 11) is 0. The molecule has 1 aliphatic heterocycles. The fourth-order valence-corrected chi connectivity index (χ4v) is 3.53. The Balaban J connectivity index is 1.49. The highest BCUT2D eigenvalue weighted by Gasteiger charge is 2.22. The number of hydrogen-bond donors (Lipinski definition) is 2. The number of piperazine rings is 1. The van der Waals surface area contributed by atoms with Crippen LogP contribution in [0.1, 0.15) is 27.5 Å². The summed E-state index contributed by atoms with van der Waals surface area (Å²) in [4.78, 5) is 19.4. The van der Waals surface area contributed by atoms with E-state index in [1.807, 2.05) is 43.3 Å². The quantitative estimate of drug-likeness (QED) is 0.732. The van der Waals surface area contributed by atoms with Gasteiger partial charge in [0, 0.05) is 43.1 Å². The molecule has 1 aliphatic rings. The Bertz CT molecular complexity index is 958. The number of pyridine rings is 1. The van der Waals surface area contributed by atoms with E-state index in [2.05, 4.69) is 44.8 Å². The molecule has 5 heteroatoms. The molecule has 0 saturated carbocycles. The Morgan fingerprint density at radius 2 is 1.96 bits per heavy atom. The maximum atomic E-state index is 12.7. The summed E-state index contributed by atoms with van der Waals surface area (Å²) < 4.78 is 0. The van der Waals surface area contributed by atoms with Crippen molar-refractivity contribution in [1.29, 1.82) is 0 Å². The molecule has 1 atom stereocenters. The second-order valence-electron chi connectivity index (χ2n) is 7.09.